The van der Waals surface area contributed by atoms with E-state index in [1.807, 2.05) is 36.4 Å². The van der Waals surface area contributed by atoms with Gasteiger partial charge in [0.1, 0.15) is 5.75 Å². The topological polar surface area (TPSA) is 44.8 Å². The van der Waals surface area contributed by atoms with Crippen LogP contribution in [0.4, 0.5) is 11.4 Å². The molecule has 1 amide bonds. The molecule has 2 aliphatic rings. The zero-order valence-corrected chi connectivity index (χ0v) is 16.6. The number of piperazine rings is 1. The molecular weight excluding hydrogens is 350 g/mol. The van der Waals surface area contributed by atoms with Crippen LogP contribution >= 0.6 is 0 Å². The van der Waals surface area contributed by atoms with E-state index in [1.165, 1.54) is 0 Å². The summed E-state index contributed by atoms with van der Waals surface area (Å²) in [5.41, 5.74) is 3.18. The Morgan fingerprint density at radius 3 is 2.64 bits per heavy atom. The minimum Gasteiger partial charge on any atom is -0.493 e. The van der Waals surface area contributed by atoms with E-state index in [0.29, 0.717) is 13.0 Å². The molecular formula is C23H29N3O2. The van der Waals surface area contributed by atoms with Gasteiger partial charge in [-0.05, 0) is 42.6 Å². The van der Waals surface area contributed by atoms with Gasteiger partial charge in [-0.25, -0.2) is 0 Å². The number of amides is 1. The van der Waals surface area contributed by atoms with Gasteiger partial charge >= 0.3 is 0 Å². The smallest absolute Gasteiger partial charge is 0.225 e. The molecule has 0 spiro atoms. The molecule has 1 atom stereocenters. The molecule has 0 saturated carbocycles. The van der Waals surface area contributed by atoms with Crippen molar-refractivity contribution < 1.29 is 9.53 Å². The summed E-state index contributed by atoms with van der Waals surface area (Å²) in [4.78, 5) is 17.7. The highest BCUT2D eigenvalue weighted by Crippen LogP contribution is 2.36. The summed E-state index contributed by atoms with van der Waals surface area (Å²) in [5.74, 6) is 1.20. The molecule has 5 heteroatoms. The van der Waals surface area contributed by atoms with E-state index in [1.54, 1.807) is 0 Å². The van der Waals surface area contributed by atoms with Crippen molar-refractivity contribution in [2.24, 2.45) is 0 Å². The van der Waals surface area contributed by atoms with Crippen LogP contribution in [0.3, 0.4) is 0 Å². The fourth-order valence-corrected chi connectivity index (χ4v) is 4.21. The Bertz CT molecular complexity index is 815. The van der Waals surface area contributed by atoms with Crippen molar-refractivity contribution >= 4 is 17.3 Å². The lowest BCUT2D eigenvalue weighted by Gasteiger charge is -2.36. The first-order valence-corrected chi connectivity index (χ1v) is 10.3. The molecule has 1 N–H and O–H groups in total. The second-order valence-electron chi connectivity index (χ2n) is 7.56. The number of carbonyl (C=O) groups is 1. The fraction of sp³-hybridized carbons (Fsp3) is 0.435. The fourth-order valence-electron chi connectivity index (χ4n) is 4.21. The van der Waals surface area contributed by atoms with Crippen molar-refractivity contribution in [2.45, 2.75) is 25.7 Å². The lowest BCUT2D eigenvalue weighted by Crippen LogP contribution is -2.46. The first-order valence-electron chi connectivity index (χ1n) is 10.3. The van der Waals surface area contributed by atoms with Gasteiger partial charge in [-0.3, -0.25) is 4.79 Å². The van der Waals surface area contributed by atoms with E-state index in [9.17, 15) is 4.79 Å². The molecule has 1 saturated heterocycles. The van der Waals surface area contributed by atoms with Crippen molar-refractivity contribution in [3.63, 3.8) is 0 Å². The molecule has 0 aliphatic carbocycles. The Labute approximate surface area is 167 Å². The largest absolute Gasteiger partial charge is 0.493 e. The zero-order valence-electron chi connectivity index (χ0n) is 16.6. The van der Waals surface area contributed by atoms with Crippen molar-refractivity contribution in [1.29, 1.82) is 0 Å². The summed E-state index contributed by atoms with van der Waals surface area (Å²) in [6.07, 6.45) is 1.36. The average molecular weight is 380 g/mol. The van der Waals surface area contributed by atoms with Crippen LogP contribution < -0.4 is 15.0 Å². The monoisotopic (exact) mass is 379 g/mol. The molecule has 0 bridgehead atoms. The number of nitrogens with one attached hydrogen (secondary N) is 1. The van der Waals surface area contributed by atoms with Gasteiger partial charge in [-0.15, -0.1) is 0 Å². The van der Waals surface area contributed by atoms with Crippen LogP contribution in [0.15, 0.2) is 48.5 Å². The van der Waals surface area contributed by atoms with Gasteiger partial charge < -0.3 is 19.9 Å². The van der Waals surface area contributed by atoms with Gasteiger partial charge in [0, 0.05) is 32.6 Å². The standard InChI is InChI=1S/C23H29N3O2/c1-2-25-12-14-26(15-13-25)21-9-5-4-8-20(21)24-23(27)17-18-11-16-28-22-10-6-3-7-19(18)22/h3-10,18H,2,11-17H2,1H3,(H,24,27)/t18-/m1/s1. The summed E-state index contributed by atoms with van der Waals surface area (Å²) >= 11 is 0. The Hall–Kier alpha value is -2.53. The van der Waals surface area contributed by atoms with E-state index in [0.717, 1.165) is 61.8 Å². The first kappa shape index (κ1) is 18.8. The summed E-state index contributed by atoms with van der Waals surface area (Å²) in [6, 6.07) is 16.2. The van der Waals surface area contributed by atoms with Crippen molar-refractivity contribution in [3.8, 4) is 5.75 Å². The molecule has 1 fully saturated rings. The maximum absolute atomic E-state index is 12.8. The van der Waals surface area contributed by atoms with Gasteiger partial charge in [0.05, 0.1) is 18.0 Å². The number of ether oxygens (including phenoxy) is 1. The van der Waals surface area contributed by atoms with Gasteiger partial charge in [0.2, 0.25) is 5.91 Å². The lowest BCUT2D eigenvalue weighted by atomic mass is 9.90. The predicted molar refractivity (Wildman–Crippen MR) is 113 cm³/mol. The van der Waals surface area contributed by atoms with Gasteiger partial charge in [-0.1, -0.05) is 37.3 Å². The summed E-state index contributed by atoms with van der Waals surface area (Å²) in [5, 5.41) is 3.18. The van der Waals surface area contributed by atoms with Gasteiger partial charge in [0.15, 0.2) is 0 Å². The second kappa shape index (κ2) is 8.65. The quantitative estimate of drug-likeness (QED) is 0.860. The molecule has 28 heavy (non-hydrogen) atoms. The van der Waals surface area contributed by atoms with E-state index in [2.05, 4.69) is 34.2 Å². The molecule has 2 aliphatic heterocycles. The third-order valence-electron chi connectivity index (χ3n) is 5.85. The summed E-state index contributed by atoms with van der Waals surface area (Å²) < 4.78 is 5.73. The summed E-state index contributed by atoms with van der Waals surface area (Å²) in [7, 11) is 0. The number of hydrogen-bond acceptors (Lipinski definition) is 4. The van der Waals surface area contributed by atoms with E-state index in [-0.39, 0.29) is 11.8 Å². The number of hydrogen-bond donors (Lipinski definition) is 1. The highest BCUT2D eigenvalue weighted by atomic mass is 16.5. The molecule has 0 radical (unpaired) electrons. The third kappa shape index (κ3) is 4.14. The summed E-state index contributed by atoms with van der Waals surface area (Å²) in [6.45, 7) is 8.10. The Kier molecular flexibility index (Phi) is 5.81. The molecule has 2 aromatic carbocycles. The van der Waals surface area contributed by atoms with E-state index < -0.39 is 0 Å². The second-order valence-corrected chi connectivity index (χ2v) is 7.56. The van der Waals surface area contributed by atoms with Gasteiger partial charge in [-0.2, -0.15) is 0 Å². The van der Waals surface area contributed by atoms with Crippen LogP contribution in [0.5, 0.6) is 5.75 Å². The highest BCUT2D eigenvalue weighted by molar-refractivity contribution is 5.94. The van der Waals surface area contributed by atoms with Crippen LogP contribution in [0.25, 0.3) is 0 Å². The Balaban J connectivity index is 1.43. The number of likely N-dealkylation sites (N-methyl/N-ethyl adjacent to an activating group) is 1. The SMILES string of the molecule is CCN1CCN(c2ccccc2NC(=O)C[C@H]2CCOc3ccccc32)CC1. The number of benzene rings is 2. The normalized spacial score (nSPS) is 19.6. The minimum absolute atomic E-state index is 0.0707. The van der Waals surface area contributed by atoms with Crippen LogP contribution in [-0.4, -0.2) is 50.1 Å². The number of para-hydroxylation sites is 3. The number of anilines is 2. The molecule has 2 aromatic rings. The Morgan fingerprint density at radius 1 is 1.07 bits per heavy atom. The Morgan fingerprint density at radius 2 is 1.82 bits per heavy atom. The number of fused-ring (bicyclic) bond motifs is 1. The number of rotatable bonds is 5. The minimum atomic E-state index is 0.0707. The van der Waals surface area contributed by atoms with Crippen molar-refractivity contribution in [3.05, 3.63) is 54.1 Å². The van der Waals surface area contributed by atoms with Crippen molar-refractivity contribution in [1.82, 2.24) is 4.90 Å². The van der Waals surface area contributed by atoms with Crippen LogP contribution in [0.1, 0.15) is 31.2 Å². The maximum atomic E-state index is 12.8. The maximum Gasteiger partial charge on any atom is 0.225 e. The van der Waals surface area contributed by atoms with Gasteiger partial charge in [0.25, 0.3) is 0 Å². The van der Waals surface area contributed by atoms with E-state index >= 15 is 0 Å². The number of carbonyl (C=O) groups excluding carboxylic acids is 1. The third-order valence-corrected chi connectivity index (χ3v) is 5.85. The van der Waals surface area contributed by atoms with Crippen molar-refractivity contribution in [2.75, 3.05) is 49.5 Å². The van der Waals surface area contributed by atoms with Crippen LogP contribution in [-0.2, 0) is 4.79 Å². The molecule has 0 unspecified atom stereocenters. The zero-order chi connectivity index (χ0) is 19.3. The van der Waals surface area contributed by atoms with Crippen LogP contribution in [0, 0.1) is 0 Å². The lowest BCUT2D eigenvalue weighted by molar-refractivity contribution is -0.116. The van der Waals surface area contributed by atoms with Crippen LogP contribution in [0.2, 0.25) is 0 Å². The molecule has 4 rings (SSSR count). The first-order chi connectivity index (χ1) is 13.7. The predicted octanol–water partition coefficient (Wildman–Crippen LogP) is 3.72. The van der Waals surface area contributed by atoms with E-state index in [4.69, 9.17) is 4.74 Å². The average Bonchev–Trinajstić information content (AvgIpc) is 2.74. The highest BCUT2D eigenvalue weighted by Gasteiger charge is 2.24. The molecule has 5 nitrogen and oxygen atoms in total. The number of nitrogens with zero attached hydrogens (tertiary/aromatic N) is 2. The molecule has 0 aromatic heterocycles. The molecule has 2 heterocycles. The molecule has 148 valence electrons.